The summed E-state index contributed by atoms with van der Waals surface area (Å²) in [4.78, 5) is 12.9. The van der Waals surface area contributed by atoms with Gasteiger partial charge in [0.25, 0.3) is 0 Å². The van der Waals surface area contributed by atoms with Crippen LogP contribution in [0.3, 0.4) is 0 Å². The first kappa shape index (κ1) is 22.8. The first-order chi connectivity index (χ1) is 17.1. The van der Waals surface area contributed by atoms with Crippen molar-refractivity contribution in [2.24, 2.45) is 0 Å². The van der Waals surface area contributed by atoms with Crippen molar-refractivity contribution in [1.82, 2.24) is 4.57 Å². The van der Waals surface area contributed by atoms with Crippen molar-refractivity contribution in [1.29, 1.82) is 0 Å². The Labute approximate surface area is 214 Å². The van der Waals surface area contributed by atoms with Crippen molar-refractivity contribution < 1.29 is 4.79 Å². The number of carbonyl (C=O) groups excluding carboxylic acids is 1. The van der Waals surface area contributed by atoms with Gasteiger partial charge in [-0.3, -0.25) is 4.79 Å². The molecule has 0 aliphatic rings. The minimum Gasteiger partial charge on any atom is -0.309 e. The number of hydrogen-bond acceptors (Lipinski definition) is 1. The summed E-state index contributed by atoms with van der Waals surface area (Å²) in [5.74, 6) is -0.0270. The van der Waals surface area contributed by atoms with Crippen LogP contribution in [0.5, 0.6) is 0 Å². The summed E-state index contributed by atoms with van der Waals surface area (Å²) < 4.78 is 3.24. The molecule has 5 rings (SSSR count). The van der Waals surface area contributed by atoms with E-state index >= 15 is 0 Å². The Morgan fingerprint density at radius 1 is 0.743 bits per heavy atom. The summed E-state index contributed by atoms with van der Waals surface area (Å²) >= 11 is 3.43. The van der Waals surface area contributed by atoms with Crippen LogP contribution in [-0.2, 0) is 0 Å². The largest absolute Gasteiger partial charge is 0.309 e. The first-order valence-corrected chi connectivity index (χ1v) is 12.3. The average molecular weight is 518 g/mol. The Hall–Kier alpha value is -3.95. The van der Waals surface area contributed by atoms with E-state index in [-0.39, 0.29) is 5.78 Å². The third kappa shape index (κ3) is 4.96. The quantitative estimate of drug-likeness (QED) is 0.163. The Bertz CT molecular complexity index is 1480. The molecule has 0 fully saturated rings. The third-order valence-electron chi connectivity index (χ3n) is 5.98. The summed E-state index contributed by atoms with van der Waals surface area (Å²) in [5.41, 5.74) is 8.26. The molecule has 1 heterocycles. The van der Waals surface area contributed by atoms with Crippen LogP contribution in [0.25, 0.3) is 34.3 Å². The smallest absolute Gasteiger partial charge is 0.185 e. The van der Waals surface area contributed by atoms with Gasteiger partial charge >= 0.3 is 0 Å². The maximum absolute atomic E-state index is 12.9. The topological polar surface area (TPSA) is 22.0 Å². The Kier molecular flexibility index (Phi) is 6.60. The molecule has 3 heteroatoms. The van der Waals surface area contributed by atoms with E-state index in [0.717, 1.165) is 38.2 Å². The van der Waals surface area contributed by atoms with Crippen molar-refractivity contribution >= 4 is 27.8 Å². The van der Waals surface area contributed by atoms with E-state index < -0.39 is 0 Å². The predicted molar refractivity (Wildman–Crippen MR) is 149 cm³/mol. The maximum Gasteiger partial charge on any atom is 0.185 e. The molecule has 0 atom stereocenters. The fourth-order valence-electron chi connectivity index (χ4n) is 4.21. The van der Waals surface area contributed by atoms with E-state index in [1.54, 1.807) is 6.08 Å². The van der Waals surface area contributed by atoms with Crippen LogP contribution < -0.4 is 0 Å². The lowest BCUT2D eigenvalue weighted by Crippen LogP contribution is -2.00. The third-order valence-corrected chi connectivity index (χ3v) is 6.51. The van der Waals surface area contributed by atoms with E-state index in [4.69, 9.17) is 0 Å². The van der Waals surface area contributed by atoms with Crippen molar-refractivity contribution in [3.05, 3.63) is 143 Å². The zero-order valence-electron chi connectivity index (χ0n) is 19.4. The normalized spacial score (nSPS) is 11.1. The standard InChI is InChI=1S/C32H24BrNO/c1-23-12-19-29(20-13-23)34-30(24-8-4-2-5-9-24)22-27(32(34)26-10-6-3-7-11-26)16-21-31(35)25-14-17-28(33)18-15-25/h2-22H,1H3/b21-16-. The molecule has 0 saturated heterocycles. The summed E-state index contributed by atoms with van der Waals surface area (Å²) in [6.45, 7) is 2.09. The molecule has 5 aromatic rings. The SMILES string of the molecule is Cc1ccc(-n2c(-c3ccccc3)cc(/C=C\C(=O)c3ccc(Br)cc3)c2-c2ccccc2)cc1. The number of aryl methyl sites for hydroxylation is 1. The van der Waals surface area contributed by atoms with Crippen LogP contribution in [0.2, 0.25) is 0 Å². The predicted octanol–water partition coefficient (Wildman–Crippen LogP) is 8.78. The van der Waals surface area contributed by atoms with E-state index in [1.807, 2.05) is 54.6 Å². The van der Waals surface area contributed by atoms with Crippen molar-refractivity contribution in [3.63, 3.8) is 0 Å². The van der Waals surface area contributed by atoms with E-state index in [1.165, 1.54) is 5.56 Å². The molecule has 2 nitrogen and oxygen atoms in total. The molecule has 35 heavy (non-hydrogen) atoms. The highest BCUT2D eigenvalue weighted by molar-refractivity contribution is 9.10. The van der Waals surface area contributed by atoms with Crippen LogP contribution in [0, 0.1) is 6.92 Å². The molecule has 170 valence electrons. The van der Waals surface area contributed by atoms with Crippen molar-refractivity contribution in [3.8, 4) is 28.2 Å². The van der Waals surface area contributed by atoms with Crippen molar-refractivity contribution in [2.75, 3.05) is 0 Å². The van der Waals surface area contributed by atoms with Gasteiger partial charge < -0.3 is 4.57 Å². The lowest BCUT2D eigenvalue weighted by atomic mass is 10.1. The molecule has 0 aliphatic carbocycles. The van der Waals surface area contributed by atoms with Crippen LogP contribution in [0.15, 0.2) is 126 Å². The molecule has 1 aromatic heterocycles. The molecule has 0 amide bonds. The van der Waals surface area contributed by atoms with Gasteiger partial charge in [-0.05, 0) is 72.7 Å². The summed E-state index contributed by atoms with van der Waals surface area (Å²) in [6.07, 6.45) is 3.60. The molecule has 4 aromatic carbocycles. The minimum atomic E-state index is -0.0270. The molecule has 0 spiro atoms. The van der Waals surface area contributed by atoms with Gasteiger partial charge in [0.15, 0.2) is 5.78 Å². The molecule has 0 radical (unpaired) electrons. The monoisotopic (exact) mass is 517 g/mol. The van der Waals surface area contributed by atoms with Gasteiger partial charge in [-0.1, -0.05) is 94.3 Å². The highest BCUT2D eigenvalue weighted by Gasteiger charge is 2.18. The minimum absolute atomic E-state index is 0.0270. The summed E-state index contributed by atoms with van der Waals surface area (Å²) in [6, 6.07) is 38.9. The van der Waals surface area contributed by atoms with Gasteiger partial charge in [0.2, 0.25) is 0 Å². The Morgan fingerprint density at radius 2 is 1.34 bits per heavy atom. The van der Waals surface area contributed by atoms with Crippen LogP contribution in [0.4, 0.5) is 0 Å². The highest BCUT2D eigenvalue weighted by Crippen LogP contribution is 2.36. The number of hydrogen-bond donors (Lipinski definition) is 0. The Balaban J connectivity index is 1.71. The lowest BCUT2D eigenvalue weighted by molar-refractivity contribution is 0.104. The second kappa shape index (κ2) is 10.1. The number of halogens is 1. The highest BCUT2D eigenvalue weighted by atomic mass is 79.9. The van der Waals surface area contributed by atoms with Gasteiger partial charge in [-0.25, -0.2) is 0 Å². The van der Waals surface area contributed by atoms with E-state index in [9.17, 15) is 4.79 Å². The molecular weight excluding hydrogens is 494 g/mol. The second-order valence-corrected chi connectivity index (χ2v) is 9.36. The molecular formula is C32H24BrNO. The summed E-state index contributed by atoms with van der Waals surface area (Å²) in [7, 11) is 0. The molecule has 0 unspecified atom stereocenters. The lowest BCUT2D eigenvalue weighted by Gasteiger charge is -2.15. The van der Waals surface area contributed by atoms with Gasteiger partial charge in [0.1, 0.15) is 0 Å². The number of allylic oxidation sites excluding steroid dienone is 1. The zero-order chi connectivity index (χ0) is 24.2. The molecule has 0 aliphatic heterocycles. The van der Waals surface area contributed by atoms with E-state index in [2.05, 4.69) is 94.2 Å². The van der Waals surface area contributed by atoms with Crippen LogP contribution in [-0.4, -0.2) is 10.4 Å². The maximum atomic E-state index is 12.9. The van der Waals surface area contributed by atoms with Gasteiger partial charge in [0, 0.05) is 21.3 Å². The summed E-state index contributed by atoms with van der Waals surface area (Å²) in [5, 5.41) is 0. The number of ketones is 1. The molecule has 0 saturated carbocycles. The average Bonchev–Trinajstić information content (AvgIpc) is 3.28. The van der Waals surface area contributed by atoms with E-state index in [0.29, 0.717) is 5.56 Å². The Morgan fingerprint density at radius 3 is 1.97 bits per heavy atom. The number of benzene rings is 4. The van der Waals surface area contributed by atoms with Crippen LogP contribution in [0.1, 0.15) is 21.5 Å². The first-order valence-electron chi connectivity index (χ1n) is 11.5. The second-order valence-electron chi connectivity index (χ2n) is 8.44. The number of rotatable bonds is 6. The van der Waals surface area contributed by atoms with Gasteiger partial charge in [-0.15, -0.1) is 0 Å². The van der Waals surface area contributed by atoms with Gasteiger partial charge in [0.05, 0.1) is 11.4 Å². The van der Waals surface area contributed by atoms with Crippen LogP contribution >= 0.6 is 15.9 Å². The fourth-order valence-corrected chi connectivity index (χ4v) is 4.47. The number of aromatic nitrogens is 1. The fraction of sp³-hybridized carbons (Fsp3) is 0.0312. The molecule has 0 bridgehead atoms. The molecule has 0 N–H and O–H groups in total. The number of carbonyl (C=O) groups is 1. The zero-order valence-corrected chi connectivity index (χ0v) is 20.9. The van der Waals surface area contributed by atoms with Crippen molar-refractivity contribution in [2.45, 2.75) is 6.92 Å². The number of nitrogens with zero attached hydrogens (tertiary/aromatic N) is 1. The van der Waals surface area contributed by atoms with Gasteiger partial charge in [-0.2, -0.15) is 0 Å².